The summed E-state index contributed by atoms with van der Waals surface area (Å²) in [5.74, 6) is 0.402. The zero-order valence-electron chi connectivity index (χ0n) is 5.78. The van der Waals surface area contributed by atoms with E-state index in [1.807, 2.05) is 0 Å². The van der Waals surface area contributed by atoms with Crippen LogP contribution < -0.4 is 5.73 Å². The van der Waals surface area contributed by atoms with Crippen LogP contribution in [0.1, 0.15) is 11.1 Å². The summed E-state index contributed by atoms with van der Waals surface area (Å²) < 4.78 is 0. The quantitative estimate of drug-likeness (QED) is 0.587. The minimum absolute atomic E-state index is 0.0490. The molecule has 0 fully saturated rings. The molecule has 1 aromatic rings. The van der Waals surface area contributed by atoms with Crippen LogP contribution in [0, 0.1) is 5.41 Å². The highest BCUT2D eigenvalue weighted by molar-refractivity contribution is 6.73. The molecular formula is C6H4Cl2N4. The maximum atomic E-state index is 7.38. The fraction of sp³-hybridized carbons (Fsp3) is 0. The Kier molecular flexibility index (Phi) is 1.43. The number of nitrogens with one attached hydrogen (secondary N) is 2. The number of aromatic nitrogens is 1. The average molecular weight is 203 g/mol. The standard InChI is InChI=1S/C6H4Cl2N4/c7-3-1-2(6(10)11-3)4(8)12-5(1)9/h9,11H,10H2. The van der Waals surface area contributed by atoms with Gasteiger partial charge in [-0.25, -0.2) is 4.99 Å². The van der Waals surface area contributed by atoms with Crippen LogP contribution in [0.3, 0.4) is 0 Å². The molecule has 0 atom stereocenters. The molecule has 2 rings (SSSR count). The molecule has 1 aliphatic heterocycles. The van der Waals surface area contributed by atoms with Crippen molar-refractivity contribution in [2.24, 2.45) is 4.99 Å². The Hall–Kier alpha value is -1.00. The number of nitrogens with two attached hydrogens (primary N) is 1. The monoisotopic (exact) mass is 202 g/mol. The zero-order chi connectivity index (χ0) is 8.88. The number of nitrogens with zero attached hydrogens (tertiary/aromatic N) is 1. The minimum Gasteiger partial charge on any atom is -0.385 e. The summed E-state index contributed by atoms with van der Waals surface area (Å²) in [5.41, 5.74) is 6.56. The summed E-state index contributed by atoms with van der Waals surface area (Å²) in [6.45, 7) is 0. The van der Waals surface area contributed by atoms with Crippen LogP contribution in [0.5, 0.6) is 0 Å². The van der Waals surface area contributed by atoms with Gasteiger partial charge in [0.15, 0.2) is 5.84 Å². The van der Waals surface area contributed by atoms with E-state index >= 15 is 0 Å². The smallest absolute Gasteiger partial charge is 0.157 e. The summed E-state index contributed by atoms with van der Waals surface area (Å²) in [5, 5.41) is 7.91. The number of hydrogen-bond acceptors (Lipinski definition) is 2. The number of aromatic amines is 1. The normalized spacial score (nSPS) is 14.8. The van der Waals surface area contributed by atoms with Crippen LogP contribution >= 0.6 is 23.2 Å². The van der Waals surface area contributed by atoms with E-state index in [9.17, 15) is 0 Å². The molecule has 0 saturated heterocycles. The average Bonchev–Trinajstić information content (AvgIpc) is 2.38. The van der Waals surface area contributed by atoms with Crippen molar-refractivity contribution in [1.29, 1.82) is 5.41 Å². The second-order valence-corrected chi connectivity index (χ2v) is 3.09. The summed E-state index contributed by atoms with van der Waals surface area (Å²) in [6.07, 6.45) is 0. The first-order valence-electron chi connectivity index (χ1n) is 3.11. The number of halogens is 2. The number of nitrogen functional groups attached to an aromatic ring is 1. The molecule has 0 aliphatic carbocycles. The van der Waals surface area contributed by atoms with Gasteiger partial charge in [-0.1, -0.05) is 23.2 Å². The Labute approximate surface area is 77.9 Å². The van der Waals surface area contributed by atoms with Gasteiger partial charge < -0.3 is 10.7 Å². The maximum Gasteiger partial charge on any atom is 0.157 e. The van der Waals surface area contributed by atoms with Gasteiger partial charge in [0.2, 0.25) is 0 Å². The second-order valence-electron chi connectivity index (χ2n) is 2.35. The van der Waals surface area contributed by atoms with E-state index in [0.717, 1.165) is 0 Å². The molecule has 0 bridgehead atoms. The van der Waals surface area contributed by atoms with Crippen molar-refractivity contribution in [2.75, 3.05) is 5.73 Å². The van der Waals surface area contributed by atoms with E-state index in [1.54, 1.807) is 0 Å². The number of anilines is 1. The Balaban J connectivity index is 2.79. The second kappa shape index (κ2) is 2.24. The van der Waals surface area contributed by atoms with Gasteiger partial charge in [-0.3, -0.25) is 5.41 Å². The number of aliphatic imine (C=N–C) groups is 1. The van der Waals surface area contributed by atoms with Gasteiger partial charge in [-0.15, -0.1) is 0 Å². The SMILES string of the molecule is N=C1N=C(Cl)c2c(N)[nH]c(Cl)c21. The zero-order valence-corrected chi connectivity index (χ0v) is 7.29. The molecule has 0 saturated carbocycles. The first-order chi connectivity index (χ1) is 5.61. The summed E-state index contributed by atoms with van der Waals surface area (Å²) in [7, 11) is 0. The molecule has 4 nitrogen and oxygen atoms in total. The third kappa shape index (κ3) is 0.790. The van der Waals surface area contributed by atoms with Crippen molar-refractivity contribution in [2.45, 2.75) is 0 Å². The van der Waals surface area contributed by atoms with Gasteiger partial charge in [0.25, 0.3) is 0 Å². The predicted molar refractivity (Wildman–Crippen MR) is 49.4 cm³/mol. The Bertz CT molecular complexity index is 404. The highest BCUT2D eigenvalue weighted by Crippen LogP contribution is 2.31. The van der Waals surface area contributed by atoms with Crippen LogP contribution in [-0.4, -0.2) is 16.0 Å². The molecular weight excluding hydrogens is 199 g/mol. The molecule has 6 heteroatoms. The van der Waals surface area contributed by atoms with Gasteiger partial charge in [0, 0.05) is 0 Å². The van der Waals surface area contributed by atoms with Crippen molar-refractivity contribution in [3.8, 4) is 0 Å². The van der Waals surface area contributed by atoms with E-state index in [-0.39, 0.29) is 11.0 Å². The number of rotatable bonds is 0. The van der Waals surface area contributed by atoms with Crippen LogP contribution in [0.4, 0.5) is 5.82 Å². The predicted octanol–water partition coefficient (Wildman–Crippen LogP) is 1.57. The molecule has 62 valence electrons. The highest BCUT2D eigenvalue weighted by Gasteiger charge is 2.26. The molecule has 0 aromatic carbocycles. The van der Waals surface area contributed by atoms with Crippen LogP contribution in [0.25, 0.3) is 0 Å². The van der Waals surface area contributed by atoms with Crippen molar-refractivity contribution < 1.29 is 0 Å². The largest absolute Gasteiger partial charge is 0.385 e. The van der Waals surface area contributed by atoms with Crippen LogP contribution in [-0.2, 0) is 0 Å². The first kappa shape index (κ1) is 7.64. The summed E-state index contributed by atoms with van der Waals surface area (Å²) in [6, 6.07) is 0. The third-order valence-corrected chi connectivity index (χ3v) is 2.19. The molecule has 0 spiro atoms. The molecule has 4 N–H and O–H groups in total. The number of amidine groups is 1. The molecule has 0 radical (unpaired) electrons. The molecule has 1 aromatic heterocycles. The minimum atomic E-state index is 0.0490. The van der Waals surface area contributed by atoms with Gasteiger partial charge in [0.05, 0.1) is 11.1 Å². The van der Waals surface area contributed by atoms with Crippen molar-refractivity contribution in [3.05, 3.63) is 16.3 Å². The molecule has 0 unspecified atom stereocenters. The summed E-state index contributed by atoms with van der Waals surface area (Å²) in [4.78, 5) is 6.40. The number of fused-ring (bicyclic) bond motifs is 1. The van der Waals surface area contributed by atoms with Gasteiger partial charge in [-0.2, -0.15) is 0 Å². The lowest BCUT2D eigenvalue weighted by Crippen LogP contribution is -1.93. The lowest BCUT2D eigenvalue weighted by atomic mass is 10.2. The molecule has 0 amide bonds. The van der Waals surface area contributed by atoms with E-state index in [0.29, 0.717) is 22.1 Å². The van der Waals surface area contributed by atoms with E-state index in [2.05, 4.69) is 9.98 Å². The summed E-state index contributed by atoms with van der Waals surface area (Å²) >= 11 is 11.4. The molecule has 2 heterocycles. The fourth-order valence-corrected chi connectivity index (χ4v) is 1.70. The third-order valence-electron chi connectivity index (χ3n) is 1.64. The number of H-pyrrole nitrogens is 1. The molecule has 1 aliphatic rings. The fourth-order valence-electron chi connectivity index (χ4n) is 1.13. The Morgan fingerprint density at radius 2 is 2.00 bits per heavy atom. The Morgan fingerprint density at radius 1 is 1.33 bits per heavy atom. The van der Waals surface area contributed by atoms with E-state index < -0.39 is 0 Å². The highest BCUT2D eigenvalue weighted by atomic mass is 35.5. The van der Waals surface area contributed by atoms with Gasteiger partial charge >= 0.3 is 0 Å². The van der Waals surface area contributed by atoms with Crippen molar-refractivity contribution in [1.82, 2.24) is 4.98 Å². The van der Waals surface area contributed by atoms with E-state index in [4.69, 9.17) is 34.3 Å². The topological polar surface area (TPSA) is 78.0 Å². The molecule has 12 heavy (non-hydrogen) atoms. The lowest BCUT2D eigenvalue weighted by Gasteiger charge is -1.88. The van der Waals surface area contributed by atoms with Crippen LogP contribution in [0.2, 0.25) is 5.15 Å². The lowest BCUT2D eigenvalue weighted by molar-refractivity contribution is 1.39. The van der Waals surface area contributed by atoms with Gasteiger partial charge in [-0.05, 0) is 0 Å². The number of hydrogen-bond donors (Lipinski definition) is 3. The van der Waals surface area contributed by atoms with Crippen molar-refractivity contribution >= 4 is 40.0 Å². The van der Waals surface area contributed by atoms with Crippen molar-refractivity contribution in [3.63, 3.8) is 0 Å². The van der Waals surface area contributed by atoms with Crippen LogP contribution in [0.15, 0.2) is 4.99 Å². The first-order valence-corrected chi connectivity index (χ1v) is 3.87. The maximum absolute atomic E-state index is 7.38. The Morgan fingerprint density at radius 3 is 2.58 bits per heavy atom. The van der Waals surface area contributed by atoms with Gasteiger partial charge in [0.1, 0.15) is 16.1 Å². The van der Waals surface area contributed by atoms with E-state index in [1.165, 1.54) is 0 Å².